The van der Waals surface area contributed by atoms with Crippen molar-refractivity contribution in [3.63, 3.8) is 0 Å². The third kappa shape index (κ3) is 1.95. The summed E-state index contributed by atoms with van der Waals surface area (Å²) >= 11 is 0. The van der Waals surface area contributed by atoms with Crippen LogP contribution in [0.25, 0.3) is 33.2 Å². The van der Waals surface area contributed by atoms with Crippen LogP contribution in [0, 0.1) is 0 Å². The highest BCUT2D eigenvalue weighted by atomic mass is 16.5. The van der Waals surface area contributed by atoms with Crippen LogP contribution in [0.4, 0.5) is 0 Å². The number of methoxy groups -OCH3 is 1. The van der Waals surface area contributed by atoms with E-state index in [2.05, 4.69) is 16.0 Å². The molecule has 5 heteroatoms. The molecule has 0 aliphatic carbocycles. The highest BCUT2D eigenvalue weighted by Gasteiger charge is 2.13. The Labute approximate surface area is 126 Å². The fourth-order valence-corrected chi connectivity index (χ4v) is 2.84. The molecular weight excluding hydrogens is 278 g/mol. The Morgan fingerprint density at radius 3 is 3.00 bits per heavy atom. The molecule has 0 spiro atoms. The molecule has 0 saturated carbocycles. The Balaban J connectivity index is 1.97. The molecule has 3 aromatic heterocycles. The second-order valence-corrected chi connectivity index (χ2v) is 5.26. The summed E-state index contributed by atoms with van der Waals surface area (Å²) < 4.78 is 7.22. The number of phenolic OH excluding ortho intramolecular Hbond substituents is 1. The van der Waals surface area contributed by atoms with Gasteiger partial charge in [0.05, 0.1) is 5.52 Å². The van der Waals surface area contributed by atoms with Crippen molar-refractivity contribution < 1.29 is 9.84 Å². The molecule has 0 radical (unpaired) electrons. The van der Waals surface area contributed by atoms with Gasteiger partial charge in [-0.25, -0.2) is 4.98 Å². The van der Waals surface area contributed by atoms with E-state index in [0.29, 0.717) is 6.73 Å². The van der Waals surface area contributed by atoms with Crippen LogP contribution in [-0.4, -0.2) is 26.8 Å². The van der Waals surface area contributed by atoms with Crippen molar-refractivity contribution in [2.75, 3.05) is 7.11 Å². The number of benzene rings is 1. The number of H-pyrrole nitrogens is 1. The van der Waals surface area contributed by atoms with E-state index in [1.165, 1.54) is 0 Å². The molecule has 0 fully saturated rings. The molecule has 2 N–H and O–H groups in total. The Hall–Kier alpha value is -2.79. The molecule has 3 heterocycles. The third-order valence-corrected chi connectivity index (χ3v) is 3.82. The number of ether oxygens (including phenoxy) is 1. The monoisotopic (exact) mass is 293 g/mol. The van der Waals surface area contributed by atoms with Crippen molar-refractivity contribution in [2.45, 2.75) is 6.73 Å². The molecule has 4 rings (SSSR count). The molecule has 0 aliphatic rings. The van der Waals surface area contributed by atoms with Crippen LogP contribution in [0.5, 0.6) is 5.75 Å². The lowest BCUT2D eigenvalue weighted by Gasteiger charge is -2.02. The van der Waals surface area contributed by atoms with Gasteiger partial charge in [-0.2, -0.15) is 0 Å². The standard InChI is InChI=1S/C17H15N3O2/c1-22-10-20-9-14(13-5-4-12(21)8-16(13)20)15-7-11-3-2-6-18-17(11)19-15/h2-9,21H,10H2,1H3,(H,18,19). The van der Waals surface area contributed by atoms with Gasteiger partial charge in [0.1, 0.15) is 18.1 Å². The van der Waals surface area contributed by atoms with E-state index in [4.69, 9.17) is 4.74 Å². The average Bonchev–Trinajstić information content (AvgIpc) is 3.09. The van der Waals surface area contributed by atoms with Crippen LogP contribution in [0.3, 0.4) is 0 Å². The molecule has 0 saturated heterocycles. The Kier molecular flexibility index (Phi) is 2.87. The first-order valence-corrected chi connectivity index (χ1v) is 7.01. The number of fused-ring (bicyclic) bond motifs is 2. The number of nitrogens with zero attached hydrogens (tertiary/aromatic N) is 2. The summed E-state index contributed by atoms with van der Waals surface area (Å²) in [6.07, 6.45) is 3.80. The number of aromatic hydroxyl groups is 1. The number of nitrogens with one attached hydrogen (secondary N) is 1. The molecule has 22 heavy (non-hydrogen) atoms. The lowest BCUT2D eigenvalue weighted by atomic mass is 10.1. The minimum Gasteiger partial charge on any atom is -0.508 e. The smallest absolute Gasteiger partial charge is 0.137 e. The molecule has 110 valence electrons. The van der Waals surface area contributed by atoms with Crippen LogP contribution in [-0.2, 0) is 11.5 Å². The van der Waals surface area contributed by atoms with Crippen LogP contribution < -0.4 is 0 Å². The molecular formula is C17H15N3O2. The lowest BCUT2D eigenvalue weighted by Crippen LogP contribution is -1.96. The minimum atomic E-state index is 0.243. The fraction of sp³-hybridized carbons (Fsp3) is 0.118. The first-order chi connectivity index (χ1) is 10.8. The van der Waals surface area contributed by atoms with Crippen molar-refractivity contribution in [3.8, 4) is 17.0 Å². The minimum absolute atomic E-state index is 0.243. The van der Waals surface area contributed by atoms with Crippen LogP contribution >= 0.6 is 0 Å². The Bertz CT molecular complexity index is 936. The summed E-state index contributed by atoms with van der Waals surface area (Å²) in [5.41, 5.74) is 3.86. The van der Waals surface area contributed by atoms with Gasteiger partial charge in [-0.15, -0.1) is 0 Å². The van der Waals surface area contributed by atoms with Gasteiger partial charge < -0.3 is 19.4 Å². The van der Waals surface area contributed by atoms with Crippen molar-refractivity contribution in [1.29, 1.82) is 0 Å². The van der Waals surface area contributed by atoms with Crippen LogP contribution in [0.15, 0.2) is 48.8 Å². The summed E-state index contributed by atoms with van der Waals surface area (Å²) in [6, 6.07) is 11.4. The molecule has 0 aliphatic heterocycles. The fourth-order valence-electron chi connectivity index (χ4n) is 2.84. The van der Waals surface area contributed by atoms with Crippen molar-refractivity contribution >= 4 is 21.9 Å². The van der Waals surface area contributed by atoms with Gasteiger partial charge in [0.25, 0.3) is 0 Å². The predicted octanol–water partition coefficient (Wildman–Crippen LogP) is 3.49. The summed E-state index contributed by atoms with van der Waals surface area (Å²) in [6.45, 7) is 0.429. The van der Waals surface area contributed by atoms with Gasteiger partial charge in [-0.3, -0.25) is 0 Å². The number of hydrogen-bond donors (Lipinski definition) is 2. The van der Waals surface area contributed by atoms with Gasteiger partial charge in [-0.05, 0) is 30.3 Å². The van der Waals surface area contributed by atoms with E-state index >= 15 is 0 Å². The molecule has 0 amide bonds. The SMILES string of the molecule is COCn1cc(-c2cc3cccnc3[nH]2)c2ccc(O)cc21. The molecule has 0 atom stereocenters. The number of phenols is 1. The van der Waals surface area contributed by atoms with Gasteiger partial charge in [-0.1, -0.05) is 0 Å². The van der Waals surface area contributed by atoms with E-state index in [1.807, 2.05) is 29.0 Å². The van der Waals surface area contributed by atoms with Crippen LogP contribution in [0.2, 0.25) is 0 Å². The van der Waals surface area contributed by atoms with E-state index in [9.17, 15) is 5.11 Å². The second-order valence-electron chi connectivity index (χ2n) is 5.26. The molecule has 5 nitrogen and oxygen atoms in total. The second kappa shape index (κ2) is 4.89. The first kappa shape index (κ1) is 12.9. The first-order valence-electron chi connectivity index (χ1n) is 7.01. The topological polar surface area (TPSA) is 63.1 Å². The van der Waals surface area contributed by atoms with E-state index < -0.39 is 0 Å². The highest BCUT2D eigenvalue weighted by molar-refractivity contribution is 5.98. The Morgan fingerprint density at radius 1 is 1.27 bits per heavy atom. The summed E-state index contributed by atoms with van der Waals surface area (Å²) in [4.78, 5) is 7.68. The normalized spacial score (nSPS) is 11.5. The van der Waals surface area contributed by atoms with E-state index in [0.717, 1.165) is 33.2 Å². The van der Waals surface area contributed by atoms with Gasteiger partial charge in [0, 0.05) is 47.6 Å². The molecule has 0 bridgehead atoms. The number of aromatic amines is 1. The maximum Gasteiger partial charge on any atom is 0.137 e. The number of rotatable bonds is 3. The largest absolute Gasteiger partial charge is 0.508 e. The summed E-state index contributed by atoms with van der Waals surface area (Å²) in [7, 11) is 1.65. The summed E-state index contributed by atoms with van der Waals surface area (Å²) in [5, 5.41) is 11.9. The Morgan fingerprint density at radius 2 is 2.18 bits per heavy atom. The van der Waals surface area contributed by atoms with E-state index in [1.54, 1.807) is 25.4 Å². The quantitative estimate of drug-likeness (QED) is 0.607. The predicted molar refractivity (Wildman–Crippen MR) is 85.7 cm³/mol. The zero-order chi connectivity index (χ0) is 15.1. The number of aromatic nitrogens is 3. The average molecular weight is 293 g/mol. The van der Waals surface area contributed by atoms with Crippen LogP contribution in [0.1, 0.15) is 0 Å². The van der Waals surface area contributed by atoms with Crippen molar-refractivity contribution in [1.82, 2.24) is 14.5 Å². The van der Waals surface area contributed by atoms with Gasteiger partial charge in [0.2, 0.25) is 0 Å². The van der Waals surface area contributed by atoms with Crippen molar-refractivity contribution in [2.24, 2.45) is 0 Å². The van der Waals surface area contributed by atoms with Crippen molar-refractivity contribution in [3.05, 3.63) is 48.8 Å². The lowest BCUT2D eigenvalue weighted by molar-refractivity contribution is 0.135. The number of hydrogen-bond acceptors (Lipinski definition) is 3. The zero-order valence-electron chi connectivity index (χ0n) is 12.1. The van der Waals surface area contributed by atoms with Gasteiger partial charge in [0.15, 0.2) is 0 Å². The highest BCUT2D eigenvalue weighted by Crippen LogP contribution is 2.33. The molecule has 0 unspecified atom stereocenters. The third-order valence-electron chi connectivity index (χ3n) is 3.82. The summed E-state index contributed by atoms with van der Waals surface area (Å²) in [5.74, 6) is 0.243. The zero-order valence-corrected chi connectivity index (χ0v) is 12.1. The van der Waals surface area contributed by atoms with E-state index in [-0.39, 0.29) is 5.75 Å². The maximum atomic E-state index is 9.75. The maximum absolute atomic E-state index is 9.75. The number of pyridine rings is 1. The molecule has 1 aromatic carbocycles. The van der Waals surface area contributed by atoms with Gasteiger partial charge >= 0.3 is 0 Å². The molecule has 4 aromatic rings.